The normalized spacial score (nSPS) is 16.2. The standard InChI is InChI=1S/C28H27N3O5S/c32-26-12-6-16-30(26)17-7-15-29-27(33)21-13-14-25-23(18-21)31(19-20-8-2-1-3-9-20)28(34)22-10-4-5-11-24(22)37(25,35)36/h1-5,8-11,13-14,18H,6-7,12,15-17,19H2,(H,29,33). The van der Waals surface area contributed by atoms with Crippen LogP contribution in [-0.4, -0.2) is 50.7 Å². The van der Waals surface area contributed by atoms with Crippen molar-refractivity contribution >= 4 is 33.2 Å². The number of sulfone groups is 1. The maximum absolute atomic E-state index is 13.7. The fraction of sp³-hybridized carbons (Fsp3) is 0.250. The van der Waals surface area contributed by atoms with Gasteiger partial charge in [0, 0.05) is 31.6 Å². The van der Waals surface area contributed by atoms with Crippen LogP contribution in [0.5, 0.6) is 0 Å². The number of hydrogen-bond acceptors (Lipinski definition) is 5. The molecule has 1 fully saturated rings. The number of rotatable bonds is 7. The van der Waals surface area contributed by atoms with Crippen molar-refractivity contribution in [3.8, 4) is 0 Å². The Morgan fingerprint density at radius 1 is 0.919 bits per heavy atom. The number of nitrogens with zero attached hydrogens (tertiary/aromatic N) is 2. The Morgan fingerprint density at radius 2 is 1.68 bits per heavy atom. The topological polar surface area (TPSA) is 104 Å². The van der Waals surface area contributed by atoms with Crippen LogP contribution in [0.1, 0.15) is 45.5 Å². The minimum atomic E-state index is -4.01. The highest BCUT2D eigenvalue weighted by atomic mass is 32.2. The molecule has 3 amide bonds. The molecule has 0 bridgehead atoms. The summed E-state index contributed by atoms with van der Waals surface area (Å²) in [6, 6.07) is 19.8. The summed E-state index contributed by atoms with van der Waals surface area (Å²) in [6.07, 6.45) is 2.06. The zero-order valence-electron chi connectivity index (χ0n) is 20.2. The molecule has 0 unspecified atom stereocenters. The van der Waals surface area contributed by atoms with Gasteiger partial charge in [0.15, 0.2) is 0 Å². The highest BCUT2D eigenvalue weighted by Crippen LogP contribution is 2.38. The van der Waals surface area contributed by atoms with Crippen molar-refractivity contribution in [3.63, 3.8) is 0 Å². The number of likely N-dealkylation sites (tertiary alicyclic amines) is 1. The van der Waals surface area contributed by atoms with Crippen LogP contribution < -0.4 is 10.2 Å². The molecule has 190 valence electrons. The number of amides is 3. The average molecular weight is 518 g/mol. The van der Waals surface area contributed by atoms with Gasteiger partial charge in [-0.3, -0.25) is 14.4 Å². The summed E-state index contributed by atoms with van der Waals surface area (Å²) in [7, 11) is -4.01. The van der Waals surface area contributed by atoms with E-state index in [4.69, 9.17) is 0 Å². The Balaban J connectivity index is 1.45. The first kappa shape index (κ1) is 24.7. The second-order valence-electron chi connectivity index (χ2n) is 9.15. The van der Waals surface area contributed by atoms with Crippen molar-refractivity contribution in [1.82, 2.24) is 10.2 Å². The van der Waals surface area contributed by atoms with Crippen molar-refractivity contribution in [1.29, 1.82) is 0 Å². The van der Waals surface area contributed by atoms with Crippen LogP contribution in [0.2, 0.25) is 0 Å². The number of nitrogens with one attached hydrogen (secondary N) is 1. The van der Waals surface area contributed by atoms with E-state index >= 15 is 0 Å². The second-order valence-corrected chi connectivity index (χ2v) is 11.0. The number of anilines is 1. The highest BCUT2D eigenvalue weighted by molar-refractivity contribution is 7.91. The molecule has 2 aliphatic rings. The van der Waals surface area contributed by atoms with Crippen molar-refractivity contribution < 1.29 is 22.8 Å². The van der Waals surface area contributed by atoms with Crippen LogP contribution >= 0.6 is 0 Å². The van der Waals surface area contributed by atoms with E-state index in [1.54, 1.807) is 17.0 Å². The van der Waals surface area contributed by atoms with Crippen LogP contribution in [-0.2, 0) is 21.2 Å². The predicted octanol–water partition coefficient (Wildman–Crippen LogP) is 3.42. The van der Waals surface area contributed by atoms with Gasteiger partial charge in [-0.1, -0.05) is 42.5 Å². The van der Waals surface area contributed by atoms with Gasteiger partial charge in [-0.15, -0.1) is 0 Å². The molecular weight excluding hydrogens is 490 g/mol. The predicted molar refractivity (Wildman–Crippen MR) is 138 cm³/mol. The van der Waals surface area contributed by atoms with Crippen LogP contribution in [0.25, 0.3) is 0 Å². The fourth-order valence-electron chi connectivity index (χ4n) is 4.79. The number of hydrogen-bond donors (Lipinski definition) is 1. The van der Waals surface area contributed by atoms with Crippen molar-refractivity contribution in [2.45, 2.75) is 35.6 Å². The summed E-state index contributed by atoms with van der Waals surface area (Å²) in [6.45, 7) is 1.85. The largest absolute Gasteiger partial charge is 0.352 e. The third-order valence-corrected chi connectivity index (χ3v) is 8.56. The molecule has 0 atom stereocenters. The lowest BCUT2D eigenvalue weighted by molar-refractivity contribution is -0.127. The first-order chi connectivity index (χ1) is 17.9. The van der Waals surface area contributed by atoms with E-state index in [2.05, 4.69) is 5.32 Å². The van der Waals surface area contributed by atoms with Gasteiger partial charge in [0.2, 0.25) is 15.7 Å². The first-order valence-corrected chi connectivity index (χ1v) is 13.7. The Bertz CT molecular complexity index is 1470. The molecular formula is C28H27N3O5S. The minimum Gasteiger partial charge on any atom is -0.352 e. The molecule has 1 saturated heterocycles. The molecule has 3 aromatic carbocycles. The Morgan fingerprint density at radius 3 is 2.43 bits per heavy atom. The van der Waals surface area contributed by atoms with Gasteiger partial charge in [0.05, 0.1) is 27.6 Å². The Hall–Kier alpha value is -3.98. The van der Waals surface area contributed by atoms with Crippen LogP contribution in [0.4, 0.5) is 5.69 Å². The third kappa shape index (κ3) is 4.86. The minimum absolute atomic E-state index is 0.0224. The Labute approximate surface area is 215 Å². The number of benzene rings is 3. The van der Waals surface area contributed by atoms with E-state index in [1.165, 1.54) is 35.2 Å². The molecule has 3 aromatic rings. The molecule has 0 aliphatic carbocycles. The summed E-state index contributed by atoms with van der Waals surface area (Å²) in [5, 5.41) is 2.84. The van der Waals surface area contributed by atoms with Gasteiger partial charge in [-0.25, -0.2) is 8.42 Å². The zero-order valence-corrected chi connectivity index (χ0v) is 21.0. The molecule has 9 heteroatoms. The van der Waals surface area contributed by atoms with Gasteiger partial charge < -0.3 is 15.1 Å². The summed E-state index contributed by atoms with van der Waals surface area (Å²) in [5.74, 6) is -0.682. The van der Waals surface area contributed by atoms with Gasteiger partial charge >= 0.3 is 0 Å². The van der Waals surface area contributed by atoms with Crippen LogP contribution in [0.15, 0.2) is 82.6 Å². The van der Waals surface area contributed by atoms with Crippen molar-refractivity contribution in [2.24, 2.45) is 0 Å². The number of carbonyl (C=O) groups excluding carboxylic acids is 3. The summed E-state index contributed by atoms with van der Waals surface area (Å²) >= 11 is 0. The Kier molecular flexibility index (Phi) is 6.80. The molecule has 0 radical (unpaired) electrons. The monoisotopic (exact) mass is 517 g/mol. The summed E-state index contributed by atoms with van der Waals surface area (Å²) in [5.41, 5.74) is 1.34. The average Bonchev–Trinajstić information content (AvgIpc) is 3.31. The number of fused-ring (bicyclic) bond motifs is 2. The molecule has 0 aromatic heterocycles. The molecule has 0 saturated carbocycles. The van der Waals surface area contributed by atoms with E-state index in [0.717, 1.165) is 18.5 Å². The van der Waals surface area contributed by atoms with Crippen LogP contribution in [0.3, 0.4) is 0 Å². The van der Waals surface area contributed by atoms with Gasteiger partial charge in [0.25, 0.3) is 11.8 Å². The fourth-order valence-corrected chi connectivity index (χ4v) is 6.42. The molecule has 2 heterocycles. The lowest BCUT2D eigenvalue weighted by atomic mass is 10.1. The van der Waals surface area contributed by atoms with E-state index in [0.29, 0.717) is 25.9 Å². The molecule has 2 aliphatic heterocycles. The van der Waals surface area contributed by atoms with Crippen molar-refractivity contribution in [3.05, 3.63) is 89.5 Å². The highest BCUT2D eigenvalue weighted by Gasteiger charge is 2.36. The van der Waals surface area contributed by atoms with E-state index in [-0.39, 0.29) is 45.0 Å². The van der Waals surface area contributed by atoms with Gasteiger partial charge in [0.1, 0.15) is 0 Å². The second kappa shape index (κ2) is 10.2. The molecule has 1 N–H and O–H groups in total. The maximum Gasteiger partial charge on any atom is 0.259 e. The van der Waals surface area contributed by atoms with Gasteiger partial charge in [-0.2, -0.15) is 0 Å². The first-order valence-electron chi connectivity index (χ1n) is 12.3. The van der Waals surface area contributed by atoms with Gasteiger partial charge in [-0.05, 0) is 48.7 Å². The third-order valence-electron chi connectivity index (χ3n) is 6.70. The summed E-state index contributed by atoms with van der Waals surface area (Å²) in [4.78, 5) is 41.5. The molecule has 8 nitrogen and oxygen atoms in total. The lowest BCUT2D eigenvalue weighted by Crippen LogP contribution is -2.32. The molecule has 0 spiro atoms. The summed E-state index contributed by atoms with van der Waals surface area (Å²) < 4.78 is 27.2. The molecule has 37 heavy (non-hydrogen) atoms. The zero-order chi connectivity index (χ0) is 26.0. The van der Waals surface area contributed by atoms with Crippen molar-refractivity contribution in [2.75, 3.05) is 24.5 Å². The SMILES string of the molecule is O=C(NCCCN1CCCC1=O)c1ccc2c(c1)N(Cc1ccccc1)C(=O)c1ccccc1S2(=O)=O. The number of carbonyl (C=O) groups is 3. The van der Waals surface area contributed by atoms with E-state index in [9.17, 15) is 22.8 Å². The lowest BCUT2D eigenvalue weighted by Gasteiger charge is -2.23. The smallest absolute Gasteiger partial charge is 0.259 e. The maximum atomic E-state index is 13.7. The van der Waals surface area contributed by atoms with E-state index in [1.807, 2.05) is 30.3 Å². The molecule has 5 rings (SSSR count). The van der Waals surface area contributed by atoms with E-state index < -0.39 is 15.7 Å². The van der Waals surface area contributed by atoms with Crippen LogP contribution in [0, 0.1) is 0 Å². The quantitative estimate of drug-likeness (QED) is 0.484.